The highest BCUT2D eigenvalue weighted by molar-refractivity contribution is 6.31. The smallest absolute Gasteiger partial charge is 0.339 e. The molecule has 24 heavy (non-hydrogen) atoms. The van der Waals surface area contributed by atoms with Crippen LogP contribution in [0.5, 0.6) is 11.5 Å². The van der Waals surface area contributed by atoms with E-state index in [1.165, 1.54) is 13.0 Å². The van der Waals surface area contributed by atoms with Crippen molar-refractivity contribution in [2.45, 2.75) is 6.92 Å². The van der Waals surface area contributed by atoms with E-state index in [0.29, 0.717) is 0 Å². The minimum absolute atomic E-state index is 0.0576. The van der Waals surface area contributed by atoms with Crippen molar-refractivity contribution in [1.29, 1.82) is 0 Å². The Bertz CT molecular complexity index is 969. The molecule has 2 aromatic rings. The maximum Gasteiger partial charge on any atom is 0.339 e. The second kappa shape index (κ2) is 5.02. The van der Waals surface area contributed by atoms with Crippen molar-refractivity contribution >= 4 is 23.3 Å². The molecule has 0 saturated heterocycles. The summed E-state index contributed by atoms with van der Waals surface area (Å²) < 4.78 is 0. The minimum Gasteiger partial charge on any atom is -0.507 e. The van der Waals surface area contributed by atoms with Gasteiger partial charge in [-0.3, -0.25) is 14.4 Å². The van der Waals surface area contributed by atoms with Crippen LogP contribution in [0.1, 0.15) is 59.5 Å². The number of hydrogen-bond acceptors (Lipinski definition) is 6. The molecule has 1 aliphatic rings. The fourth-order valence-corrected chi connectivity index (χ4v) is 2.70. The molecular formula is C17H10O7. The molecule has 0 radical (unpaired) electrons. The molecule has 7 nitrogen and oxygen atoms in total. The standard InChI is InChI=1S/C17H10O7/c1-6(18)7-4-10-12(11(19)5-7)16(22)13-8(14(10)20)2-3-9(15(13)21)17(23)24/h2-5,19,21H,1H3,(H,23,24). The van der Waals surface area contributed by atoms with Crippen molar-refractivity contribution in [1.82, 2.24) is 0 Å². The number of benzene rings is 2. The summed E-state index contributed by atoms with van der Waals surface area (Å²) in [6.07, 6.45) is 0. The quantitative estimate of drug-likeness (QED) is 0.612. The molecule has 0 unspecified atom stereocenters. The van der Waals surface area contributed by atoms with Crippen LogP contribution in [0.15, 0.2) is 24.3 Å². The molecule has 3 N–H and O–H groups in total. The van der Waals surface area contributed by atoms with Crippen LogP contribution in [0.2, 0.25) is 0 Å². The average Bonchev–Trinajstić information content (AvgIpc) is 2.51. The summed E-state index contributed by atoms with van der Waals surface area (Å²) in [6.45, 7) is 1.25. The molecule has 1 aliphatic carbocycles. The van der Waals surface area contributed by atoms with E-state index >= 15 is 0 Å². The molecule has 0 atom stereocenters. The van der Waals surface area contributed by atoms with Gasteiger partial charge in [-0.25, -0.2) is 4.79 Å². The van der Waals surface area contributed by atoms with Gasteiger partial charge in [0.2, 0.25) is 5.78 Å². The molecule has 2 aromatic carbocycles. The molecular weight excluding hydrogens is 316 g/mol. The molecule has 0 heterocycles. The summed E-state index contributed by atoms with van der Waals surface area (Å²) in [5, 5.41) is 29.1. The molecule has 120 valence electrons. The van der Waals surface area contributed by atoms with Crippen LogP contribution in [0.3, 0.4) is 0 Å². The van der Waals surface area contributed by atoms with Crippen molar-refractivity contribution in [2.24, 2.45) is 0 Å². The Labute approximate surface area is 134 Å². The number of phenolic OH excluding ortho intramolecular Hbond substituents is 1. The Morgan fingerprint density at radius 3 is 2.17 bits per heavy atom. The third kappa shape index (κ3) is 1.98. The summed E-state index contributed by atoms with van der Waals surface area (Å²) in [6, 6.07) is 4.39. The van der Waals surface area contributed by atoms with Gasteiger partial charge >= 0.3 is 5.97 Å². The first kappa shape index (κ1) is 15.4. The molecule has 0 fully saturated rings. The van der Waals surface area contributed by atoms with Crippen molar-refractivity contribution in [3.05, 3.63) is 57.6 Å². The lowest BCUT2D eigenvalue weighted by Crippen LogP contribution is -2.22. The molecule has 0 saturated carbocycles. The van der Waals surface area contributed by atoms with Gasteiger partial charge in [-0.1, -0.05) is 0 Å². The summed E-state index contributed by atoms with van der Waals surface area (Å²) >= 11 is 0. The third-order valence-electron chi connectivity index (χ3n) is 3.88. The summed E-state index contributed by atoms with van der Waals surface area (Å²) in [5.74, 6) is -4.85. The maximum atomic E-state index is 12.6. The SMILES string of the molecule is CC(=O)c1cc(O)c2c(c1)C(=O)c1ccc(C(=O)O)c(O)c1C2=O. The molecule has 3 rings (SSSR count). The molecule has 0 aromatic heterocycles. The van der Waals surface area contributed by atoms with E-state index in [4.69, 9.17) is 5.11 Å². The highest BCUT2D eigenvalue weighted by Gasteiger charge is 2.36. The first-order valence-electron chi connectivity index (χ1n) is 6.80. The number of carboxylic acid groups (broad SMARTS) is 1. The predicted octanol–water partition coefficient (Wildman–Crippen LogP) is 1.77. The van der Waals surface area contributed by atoms with Crippen LogP contribution < -0.4 is 0 Å². The van der Waals surface area contributed by atoms with Gasteiger partial charge in [0.25, 0.3) is 0 Å². The predicted molar refractivity (Wildman–Crippen MR) is 80.0 cm³/mol. The van der Waals surface area contributed by atoms with Gasteiger partial charge < -0.3 is 15.3 Å². The number of carbonyl (C=O) groups is 4. The summed E-state index contributed by atoms with van der Waals surface area (Å²) in [5.41, 5.74) is -1.66. The molecule has 7 heteroatoms. The first-order chi connectivity index (χ1) is 11.2. The number of hydrogen-bond donors (Lipinski definition) is 3. The van der Waals surface area contributed by atoms with Gasteiger partial charge in [-0.2, -0.15) is 0 Å². The number of phenols is 2. The number of rotatable bonds is 2. The van der Waals surface area contributed by atoms with Gasteiger partial charge in [-0.05, 0) is 31.2 Å². The Hall–Kier alpha value is -3.48. The fraction of sp³-hybridized carbons (Fsp3) is 0.0588. The van der Waals surface area contributed by atoms with E-state index in [1.807, 2.05) is 0 Å². The van der Waals surface area contributed by atoms with Crippen LogP contribution in [-0.2, 0) is 0 Å². The normalized spacial score (nSPS) is 12.5. The minimum atomic E-state index is -1.46. The number of carboxylic acids is 1. The Balaban J connectivity index is 2.34. The van der Waals surface area contributed by atoms with Gasteiger partial charge in [0.15, 0.2) is 11.6 Å². The lowest BCUT2D eigenvalue weighted by atomic mass is 9.81. The Kier molecular flexibility index (Phi) is 3.22. The summed E-state index contributed by atoms with van der Waals surface area (Å²) in [7, 11) is 0. The molecule has 0 bridgehead atoms. The van der Waals surface area contributed by atoms with Crippen LogP contribution in [0.4, 0.5) is 0 Å². The second-order valence-corrected chi connectivity index (χ2v) is 5.32. The first-order valence-corrected chi connectivity index (χ1v) is 6.80. The van der Waals surface area contributed by atoms with E-state index in [-0.39, 0.29) is 22.3 Å². The fourth-order valence-electron chi connectivity index (χ4n) is 2.70. The number of ketones is 3. The second-order valence-electron chi connectivity index (χ2n) is 5.32. The van der Waals surface area contributed by atoms with Crippen molar-refractivity contribution < 1.29 is 34.5 Å². The topological polar surface area (TPSA) is 129 Å². The van der Waals surface area contributed by atoms with Crippen molar-refractivity contribution in [3.8, 4) is 11.5 Å². The average molecular weight is 326 g/mol. The largest absolute Gasteiger partial charge is 0.507 e. The third-order valence-corrected chi connectivity index (χ3v) is 3.88. The zero-order chi connectivity index (χ0) is 17.8. The van der Waals surface area contributed by atoms with Gasteiger partial charge in [0.1, 0.15) is 17.1 Å². The highest BCUT2D eigenvalue weighted by atomic mass is 16.4. The van der Waals surface area contributed by atoms with Crippen LogP contribution in [-0.4, -0.2) is 38.6 Å². The molecule has 0 amide bonds. The molecule has 0 spiro atoms. The summed E-state index contributed by atoms with van der Waals surface area (Å²) in [4.78, 5) is 47.7. The number of fused-ring (bicyclic) bond motifs is 2. The van der Waals surface area contributed by atoms with Gasteiger partial charge in [-0.15, -0.1) is 0 Å². The van der Waals surface area contributed by atoms with Gasteiger partial charge in [0, 0.05) is 16.7 Å². The number of aromatic carboxylic acids is 1. The lowest BCUT2D eigenvalue weighted by Gasteiger charge is -2.20. The Morgan fingerprint density at radius 2 is 1.58 bits per heavy atom. The Morgan fingerprint density at radius 1 is 0.917 bits per heavy atom. The highest BCUT2D eigenvalue weighted by Crippen LogP contribution is 2.38. The lowest BCUT2D eigenvalue weighted by molar-refractivity contribution is 0.0693. The molecule has 0 aliphatic heterocycles. The number of carbonyl (C=O) groups excluding carboxylic acids is 3. The van der Waals surface area contributed by atoms with Gasteiger partial charge in [0.05, 0.1) is 11.1 Å². The monoisotopic (exact) mass is 326 g/mol. The van der Waals surface area contributed by atoms with E-state index in [0.717, 1.165) is 18.2 Å². The maximum absolute atomic E-state index is 12.6. The van der Waals surface area contributed by atoms with Crippen LogP contribution in [0.25, 0.3) is 0 Å². The zero-order valence-corrected chi connectivity index (χ0v) is 12.3. The van der Waals surface area contributed by atoms with Crippen molar-refractivity contribution in [2.75, 3.05) is 0 Å². The van der Waals surface area contributed by atoms with Crippen molar-refractivity contribution in [3.63, 3.8) is 0 Å². The van der Waals surface area contributed by atoms with E-state index < -0.39 is 45.9 Å². The van der Waals surface area contributed by atoms with E-state index in [1.54, 1.807) is 0 Å². The van der Waals surface area contributed by atoms with E-state index in [2.05, 4.69) is 0 Å². The van der Waals surface area contributed by atoms with Crippen LogP contribution in [0, 0.1) is 0 Å². The number of Topliss-reactive ketones (excluding diaryl/α,β-unsaturated/α-hetero) is 1. The number of aromatic hydroxyl groups is 2. The van der Waals surface area contributed by atoms with E-state index in [9.17, 15) is 29.4 Å². The zero-order valence-electron chi connectivity index (χ0n) is 12.3. The van der Waals surface area contributed by atoms with Crippen LogP contribution >= 0.6 is 0 Å².